The van der Waals surface area contributed by atoms with Gasteiger partial charge in [-0.05, 0) is 81.1 Å². The number of rotatable bonds is 11. The molecule has 1 fully saturated rings. The summed E-state index contributed by atoms with van der Waals surface area (Å²) < 4.78 is 5.82. The first-order valence-electron chi connectivity index (χ1n) is 17.3. The Labute approximate surface area is 292 Å². The number of carboxylic acid groups (broad SMARTS) is 1. The topological polar surface area (TPSA) is 162 Å². The van der Waals surface area contributed by atoms with E-state index in [1.807, 2.05) is 26.0 Å². The largest absolute Gasteiger partial charge is 0.511 e. The van der Waals surface area contributed by atoms with Gasteiger partial charge in [-0.15, -0.1) is 0 Å². The SMILES string of the molecule is CCC1=C(C)C2=NC1=CC1=C(C)C3=C(O)CC(=C4NC(=CC5=NC(=C2)C(C(C)OC)=C5C)[C@@H](C)[C@@H]4CCC(=O)NCC(=O)CCC(=O)O)C3=N1. The van der Waals surface area contributed by atoms with E-state index in [1.54, 1.807) is 7.11 Å². The van der Waals surface area contributed by atoms with Gasteiger partial charge < -0.3 is 25.6 Å². The van der Waals surface area contributed by atoms with E-state index in [2.05, 4.69) is 44.4 Å². The van der Waals surface area contributed by atoms with Gasteiger partial charge in [0.15, 0.2) is 5.78 Å². The van der Waals surface area contributed by atoms with Crippen LogP contribution in [0.2, 0.25) is 0 Å². The second-order valence-electron chi connectivity index (χ2n) is 13.7. The van der Waals surface area contributed by atoms with E-state index in [-0.39, 0.29) is 61.2 Å². The van der Waals surface area contributed by atoms with Gasteiger partial charge in [0, 0.05) is 66.3 Å². The highest BCUT2D eigenvalue weighted by Crippen LogP contribution is 2.46. The molecule has 262 valence electrons. The van der Waals surface area contributed by atoms with Crippen molar-refractivity contribution in [1.29, 1.82) is 0 Å². The first-order chi connectivity index (χ1) is 23.8. The van der Waals surface area contributed by atoms with Crippen molar-refractivity contribution >= 4 is 34.8 Å². The lowest BCUT2D eigenvalue weighted by atomic mass is 9.86. The van der Waals surface area contributed by atoms with Crippen LogP contribution in [0.5, 0.6) is 0 Å². The van der Waals surface area contributed by atoms with Crippen LogP contribution in [0.3, 0.4) is 0 Å². The number of methoxy groups -OCH3 is 1. The summed E-state index contributed by atoms with van der Waals surface area (Å²) in [6.07, 6.45) is 7.30. The predicted octanol–water partition coefficient (Wildman–Crippen LogP) is 6.02. The maximum atomic E-state index is 12.9. The zero-order chi connectivity index (χ0) is 36.0. The summed E-state index contributed by atoms with van der Waals surface area (Å²) in [6.45, 7) is 12.2. The zero-order valence-corrected chi connectivity index (χ0v) is 29.8. The Kier molecular flexibility index (Phi) is 9.63. The Hall–Kier alpha value is -4.90. The average molecular weight is 680 g/mol. The number of Topliss-reactive ketones (excluding diaryl/α,β-unsaturated/α-hetero) is 1. The molecule has 0 saturated carbocycles. The number of nitrogens with zero attached hydrogens (tertiary/aromatic N) is 3. The van der Waals surface area contributed by atoms with Gasteiger partial charge in [-0.1, -0.05) is 13.8 Å². The molecule has 3 atom stereocenters. The maximum Gasteiger partial charge on any atom is 0.303 e. The van der Waals surface area contributed by atoms with Gasteiger partial charge in [0.1, 0.15) is 5.76 Å². The van der Waals surface area contributed by atoms with E-state index in [9.17, 15) is 19.5 Å². The molecule has 1 unspecified atom stereocenters. The van der Waals surface area contributed by atoms with Gasteiger partial charge >= 0.3 is 5.97 Å². The molecule has 1 saturated heterocycles. The van der Waals surface area contributed by atoms with Gasteiger partial charge in [-0.3, -0.25) is 14.4 Å². The fraction of sp³-hybridized carbons (Fsp3) is 0.436. The first-order valence-corrected chi connectivity index (χ1v) is 17.3. The van der Waals surface area contributed by atoms with Crippen LogP contribution in [-0.2, 0) is 19.1 Å². The van der Waals surface area contributed by atoms with E-state index in [0.717, 1.165) is 91.1 Å². The third-order valence-corrected chi connectivity index (χ3v) is 10.6. The number of carbonyl (C=O) groups excluding carboxylic acids is 2. The minimum atomic E-state index is -1.05. The number of carboxylic acids is 1. The molecule has 0 aromatic heterocycles. The van der Waals surface area contributed by atoms with Crippen molar-refractivity contribution in [3.8, 4) is 0 Å². The summed E-state index contributed by atoms with van der Waals surface area (Å²) in [5.74, 6) is -1.54. The van der Waals surface area contributed by atoms with Gasteiger partial charge in [-0.25, -0.2) is 15.0 Å². The third kappa shape index (κ3) is 6.30. The molecule has 0 aromatic carbocycles. The number of fused-ring (bicyclic) bond motifs is 5. The molecule has 0 aromatic rings. The number of hydrogen-bond acceptors (Lipinski definition) is 9. The molecule has 11 nitrogen and oxygen atoms in total. The van der Waals surface area contributed by atoms with Crippen molar-refractivity contribution < 1.29 is 29.3 Å². The second-order valence-corrected chi connectivity index (χ2v) is 13.7. The first kappa shape index (κ1) is 34.9. The minimum Gasteiger partial charge on any atom is -0.511 e. The Balaban J connectivity index is 1.43. The molecule has 0 radical (unpaired) electrons. The fourth-order valence-electron chi connectivity index (χ4n) is 7.66. The maximum absolute atomic E-state index is 12.9. The minimum absolute atomic E-state index is 0.0356. The number of carbonyl (C=O) groups is 3. The van der Waals surface area contributed by atoms with Crippen molar-refractivity contribution in [2.75, 3.05) is 13.7 Å². The van der Waals surface area contributed by atoms with E-state index < -0.39 is 5.97 Å². The molecule has 0 spiro atoms. The van der Waals surface area contributed by atoms with Crippen molar-refractivity contribution in [3.05, 3.63) is 91.5 Å². The van der Waals surface area contributed by atoms with Crippen LogP contribution in [0.15, 0.2) is 106 Å². The predicted molar refractivity (Wildman–Crippen MR) is 193 cm³/mol. The van der Waals surface area contributed by atoms with E-state index in [0.29, 0.717) is 12.8 Å². The van der Waals surface area contributed by atoms with Gasteiger partial charge in [0.2, 0.25) is 5.91 Å². The zero-order valence-electron chi connectivity index (χ0n) is 29.8. The Morgan fingerprint density at radius 3 is 2.42 bits per heavy atom. The monoisotopic (exact) mass is 679 g/mol. The summed E-state index contributed by atoms with van der Waals surface area (Å²) in [6, 6.07) is 0. The lowest BCUT2D eigenvalue weighted by Gasteiger charge is -2.18. The van der Waals surface area contributed by atoms with Crippen LogP contribution in [-0.4, -0.2) is 64.8 Å². The van der Waals surface area contributed by atoms with Crippen LogP contribution in [0.1, 0.15) is 80.1 Å². The summed E-state index contributed by atoms with van der Waals surface area (Å²) >= 11 is 0. The standard InChI is InChI=1S/C39H45N5O6/c1-8-24-18(2)27-16-32-36(22(6)50-7)20(4)29(42-32)14-28-19(3)25(10-11-34(47)40-17-23(45)9-12-35(48)49)38(43-28)26-13-33(46)37-21(5)30(44-39(26)37)15-31(24)41-27/h14-16,19,22,25,43,46H,8-13,17H2,1-7H3,(H,40,47)(H,48,49)/t19-,22?,25-/m0/s1. The molecule has 1 amide bonds. The van der Waals surface area contributed by atoms with E-state index >= 15 is 0 Å². The number of aliphatic imine (C=N–C) groups is 3. The number of aliphatic carboxylic acids is 1. The van der Waals surface area contributed by atoms with Crippen molar-refractivity contribution in [2.45, 2.75) is 86.2 Å². The number of ether oxygens (including phenoxy) is 1. The Bertz CT molecular complexity index is 1960. The number of amides is 1. The lowest BCUT2D eigenvalue weighted by Crippen LogP contribution is -2.30. The molecule has 6 rings (SSSR count). The molecular formula is C39H45N5O6. The third-order valence-electron chi connectivity index (χ3n) is 10.6. The van der Waals surface area contributed by atoms with E-state index in [4.69, 9.17) is 24.8 Å². The molecule has 5 heterocycles. The smallest absolute Gasteiger partial charge is 0.303 e. The van der Waals surface area contributed by atoms with Crippen LogP contribution >= 0.6 is 0 Å². The number of nitrogens with one attached hydrogen (secondary N) is 2. The number of hydrogen-bond donors (Lipinski definition) is 4. The quantitative estimate of drug-likeness (QED) is 0.208. The highest BCUT2D eigenvalue weighted by Gasteiger charge is 2.41. The summed E-state index contributed by atoms with van der Waals surface area (Å²) in [5.41, 5.74) is 13.5. The van der Waals surface area contributed by atoms with Gasteiger partial charge in [-0.2, -0.15) is 0 Å². The highest BCUT2D eigenvalue weighted by atomic mass is 16.5. The van der Waals surface area contributed by atoms with Crippen molar-refractivity contribution in [2.24, 2.45) is 26.8 Å². The molecule has 11 heteroatoms. The average Bonchev–Trinajstić information content (AvgIpc) is 3.83. The molecule has 6 aliphatic rings. The normalized spacial score (nSPS) is 23.2. The summed E-state index contributed by atoms with van der Waals surface area (Å²) in [5, 5.41) is 26.5. The Morgan fingerprint density at radius 2 is 1.72 bits per heavy atom. The molecule has 4 N–H and O–H groups in total. The number of allylic oxidation sites excluding steroid dienone is 11. The molecule has 5 aliphatic heterocycles. The number of aliphatic hydroxyl groups excluding tert-OH is 1. The van der Waals surface area contributed by atoms with Crippen LogP contribution in [0.25, 0.3) is 0 Å². The van der Waals surface area contributed by atoms with Crippen molar-refractivity contribution in [3.63, 3.8) is 0 Å². The molecule has 1 aliphatic carbocycles. The highest BCUT2D eigenvalue weighted by molar-refractivity contribution is 6.21. The summed E-state index contributed by atoms with van der Waals surface area (Å²) in [7, 11) is 1.69. The van der Waals surface area contributed by atoms with E-state index in [1.165, 1.54) is 0 Å². The number of aliphatic hydroxyl groups is 1. The molecule has 8 bridgehead atoms. The molecule has 50 heavy (non-hydrogen) atoms. The van der Waals surface area contributed by atoms with Crippen molar-refractivity contribution in [1.82, 2.24) is 10.6 Å². The van der Waals surface area contributed by atoms with Crippen LogP contribution in [0.4, 0.5) is 0 Å². The van der Waals surface area contributed by atoms with Crippen LogP contribution in [0, 0.1) is 11.8 Å². The lowest BCUT2D eigenvalue weighted by molar-refractivity contribution is -0.138. The number of ketones is 1. The van der Waals surface area contributed by atoms with Crippen LogP contribution < -0.4 is 10.6 Å². The van der Waals surface area contributed by atoms with Gasteiger partial charge in [0.25, 0.3) is 0 Å². The summed E-state index contributed by atoms with van der Waals surface area (Å²) in [4.78, 5) is 51.2. The second kappa shape index (κ2) is 13.8. The van der Waals surface area contributed by atoms with Gasteiger partial charge in [0.05, 0.1) is 53.3 Å². The fourth-order valence-corrected chi connectivity index (χ4v) is 7.66. The molecular weight excluding hydrogens is 634 g/mol. The Morgan fingerprint density at radius 1 is 1.00 bits per heavy atom.